The molecule has 154 valence electrons. The van der Waals surface area contributed by atoms with Gasteiger partial charge in [0, 0.05) is 36.3 Å². The van der Waals surface area contributed by atoms with Gasteiger partial charge in [-0.3, -0.25) is 0 Å². The van der Waals surface area contributed by atoms with E-state index < -0.39 is 0 Å². The van der Waals surface area contributed by atoms with Crippen molar-refractivity contribution in [2.75, 3.05) is 30.3 Å². The van der Waals surface area contributed by atoms with Gasteiger partial charge < -0.3 is 21.1 Å². The molecule has 0 spiro atoms. The Morgan fingerprint density at radius 3 is 2.97 bits per heavy atom. The second kappa shape index (κ2) is 7.94. The number of piperidine rings is 1. The van der Waals surface area contributed by atoms with Gasteiger partial charge in [0.1, 0.15) is 11.6 Å². The van der Waals surface area contributed by atoms with Crippen molar-refractivity contribution in [3.05, 3.63) is 47.7 Å². The fourth-order valence-corrected chi connectivity index (χ4v) is 4.03. The second-order valence-electron chi connectivity index (χ2n) is 8.15. The Hall–Kier alpha value is -3.15. The fourth-order valence-electron chi connectivity index (χ4n) is 4.03. The summed E-state index contributed by atoms with van der Waals surface area (Å²) >= 11 is 0. The zero-order chi connectivity index (χ0) is 20.5. The largest absolute Gasteiger partial charge is 0.391 e. The maximum absolute atomic E-state index is 10.2. The van der Waals surface area contributed by atoms with Gasteiger partial charge in [-0.25, -0.2) is 4.98 Å². The molecule has 2 aromatic heterocycles. The van der Waals surface area contributed by atoms with E-state index in [1.807, 2.05) is 35.0 Å². The van der Waals surface area contributed by atoms with Crippen LogP contribution in [0.5, 0.6) is 0 Å². The zero-order valence-corrected chi connectivity index (χ0v) is 16.7. The summed E-state index contributed by atoms with van der Waals surface area (Å²) in [5.41, 5.74) is 3.45. The van der Waals surface area contributed by atoms with E-state index in [0.717, 1.165) is 35.9 Å². The van der Waals surface area contributed by atoms with Crippen molar-refractivity contribution in [1.82, 2.24) is 19.9 Å². The van der Waals surface area contributed by atoms with Crippen molar-refractivity contribution in [3.63, 3.8) is 0 Å². The third-order valence-corrected chi connectivity index (χ3v) is 5.92. The molecule has 0 unspecified atom stereocenters. The predicted molar refractivity (Wildman–Crippen MR) is 115 cm³/mol. The lowest BCUT2D eigenvalue weighted by molar-refractivity contribution is 0.0883. The quantitative estimate of drug-likeness (QED) is 0.501. The normalized spacial score (nSPS) is 21.3. The Balaban J connectivity index is 1.46. The number of rotatable bonds is 6. The highest BCUT2D eigenvalue weighted by atomic mass is 16.3. The predicted octanol–water partition coefficient (Wildman–Crippen LogP) is 2.60. The van der Waals surface area contributed by atoms with Crippen LogP contribution in [0.1, 0.15) is 36.3 Å². The number of anilines is 3. The molecule has 4 N–H and O–H groups in total. The van der Waals surface area contributed by atoms with Gasteiger partial charge in [0.15, 0.2) is 5.65 Å². The third-order valence-electron chi connectivity index (χ3n) is 5.92. The van der Waals surface area contributed by atoms with Gasteiger partial charge in [-0.05, 0) is 49.9 Å². The smallest absolute Gasteiger partial charge is 0.163 e. The topological polar surface area (TPSA) is 110 Å². The van der Waals surface area contributed by atoms with E-state index in [-0.39, 0.29) is 12.0 Å². The van der Waals surface area contributed by atoms with Gasteiger partial charge in [-0.15, -0.1) is 0 Å². The van der Waals surface area contributed by atoms with Crippen LogP contribution < -0.4 is 16.0 Å². The lowest BCUT2D eigenvalue weighted by atomic mass is 9.95. The molecule has 1 aliphatic carbocycles. The molecule has 0 bridgehead atoms. The molecule has 30 heavy (non-hydrogen) atoms. The summed E-state index contributed by atoms with van der Waals surface area (Å²) in [5.74, 6) is 2.27. The van der Waals surface area contributed by atoms with E-state index in [1.165, 1.54) is 18.4 Å². The molecule has 3 aromatic rings. The van der Waals surface area contributed by atoms with Gasteiger partial charge >= 0.3 is 0 Å². The minimum atomic E-state index is -0.349. The molecule has 1 aliphatic heterocycles. The van der Waals surface area contributed by atoms with Crippen LogP contribution in [0.2, 0.25) is 0 Å². The molecule has 1 saturated heterocycles. The number of hydrogen-bond acceptors (Lipinski definition) is 7. The lowest BCUT2D eigenvalue weighted by Gasteiger charge is -2.28. The van der Waals surface area contributed by atoms with Crippen LogP contribution in [0, 0.1) is 17.2 Å². The van der Waals surface area contributed by atoms with Gasteiger partial charge in [0.2, 0.25) is 0 Å². The van der Waals surface area contributed by atoms with Crippen molar-refractivity contribution in [3.8, 4) is 6.07 Å². The number of benzene rings is 1. The van der Waals surface area contributed by atoms with E-state index in [0.29, 0.717) is 24.6 Å². The summed E-state index contributed by atoms with van der Waals surface area (Å²) in [7, 11) is 0. The lowest BCUT2D eigenvalue weighted by Crippen LogP contribution is -2.43. The van der Waals surface area contributed by atoms with E-state index in [9.17, 15) is 10.4 Å². The van der Waals surface area contributed by atoms with E-state index in [4.69, 9.17) is 4.98 Å². The van der Waals surface area contributed by atoms with Gasteiger partial charge in [-0.2, -0.15) is 14.9 Å². The molecule has 1 saturated carbocycles. The summed E-state index contributed by atoms with van der Waals surface area (Å²) in [5, 5.41) is 34.0. The van der Waals surface area contributed by atoms with Crippen molar-refractivity contribution >= 4 is 23.0 Å². The molecule has 0 radical (unpaired) electrons. The van der Waals surface area contributed by atoms with Crippen LogP contribution >= 0.6 is 0 Å². The van der Waals surface area contributed by atoms with E-state index in [1.54, 1.807) is 6.07 Å². The maximum Gasteiger partial charge on any atom is 0.163 e. The minimum Gasteiger partial charge on any atom is -0.391 e. The molecule has 0 amide bonds. The van der Waals surface area contributed by atoms with Gasteiger partial charge in [0.25, 0.3) is 0 Å². The first-order valence-electron chi connectivity index (χ1n) is 10.5. The van der Waals surface area contributed by atoms with Crippen LogP contribution in [-0.2, 0) is 0 Å². The second-order valence-corrected chi connectivity index (χ2v) is 8.15. The van der Waals surface area contributed by atoms with Crippen LogP contribution in [0.4, 0.5) is 17.3 Å². The average Bonchev–Trinajstić information content (AvgIpc) is 3.52. The van der Waals surface area contributed by atoms with Crippen molar-refractivity contribution in [2.45, 2.75) is 31.3 Å². The summed E-state index contributed by atoms with van der Waals surface area (Å²) in [4.78, 5) is 4.84. The molecule has 3 heterocycles. The molecule has 2 atom stereocenters. The van der Waals surface area contributed by atoms with Crippen LogP contribution in [0.25, 0.3) is 5.65 Å². The molecule has 5 rings (SSSR count). The van der Waals surface area contributed by atoms with Crippen LogP contribution in [0.3, 0.4) is 0 Å². The number of aromatic nitrogens is 3. The Morgan fingerprint density at radius 2 is 2.17 bits per heavy atom. The number of fused-ring (bicyclic) bond motifs is 1. The number of hydrogen-bond donors (Lipinski definition) is 4. The number of β-amino-alcohol motifs (C(OH)–C–C–N with tert-alkyl or cyclic N) is 1. The molecular weight excluding hydrogens is 378 g/mol. The summed E-state index contributed by atoms with van der Waals surface area (Å²) in [6, 6.07) is 11.5. The molecule has 1 aromatic carbocycles. The molecule has 8 nitrogen and oxygen atoms in total. The molecule has 2 aliphatic rings. The number of nitrogens with one attached hydrogen (secondary N) is 3. The summed E-state index contributed by atoms with van der Waals surface area (Å²) in [6.45, 7) is 2.23. The first-order chi connectivity index (χ1) is 14.7. The van der Waals surface area contributed by atoms with Crippen LogP contribution in [-0.4, -0.2) is 45.4 Å². The minimum absolute atomic E-state index is 0.195. The first-order valence-corrected chi connectivity index (χ1v) is 10.5. The van der Waals surface area contributed by atoms with Gasteiger partial charge in [0.05, 0.1) is 23.9 Å². The number of nitrogens with zero attached hydrogens (tertiary/aromatic N) is 4. The SMILES string of the molecule is N#Cc1cccc(Nc2cc(NC[C@H]3CCNC[C@@H]3O)nc3c(C4CC4)cnn23)c1. The Morgan fingerprint density at radius 1 is 1.27 bits per heavy atom. The first kappa shape index (κ1) is 18.9. The number of aliphatic hydroxyl groups excluding tert-OH is 1. The highest BCUT2D eigenvalue weighted by Crippen LogP contribution is 2.42. The van der Waals surface area contributed by atoms with E-state index in [2.05, 4.69) is 27.1 Å². The molecule has 8 heteroatoms. The van der Waals surface area contributed by atoms with Crippen LogP contribution in [0.15, 0.2) is 36.5 Å². The Labute approximate surface area is 174 Å². The van der Waals surface area contributed by atoms with Gasteiger partial charge in [-0.1, -0.05) is 6.07 Å². The van der Waals surface area contributed by atoms with Crippen molar-refractivity contribution < 1.29 is 5.11 Å². The van der Waals surface area contributed by atoms with Crippen molar-refractivity contribution in [1.29, 1.82) is 5.26 Å². The number of aliphatic hydroxyl groups is 1. The zero-order valence-electron chi connectivity index (χ0n) is 16.7. The summed E-state index contributed by atoms with van der Waals surface area (Å²) < 4.78 is 1.83. The molecular formula is C22H25N7O. The Kier molecular flexibility index (Phi) is 4.99. The molecule has 2 fully saturated rings. The van der Waals surface area contributed by atoms with Crippen molar-refractivity contribution in [2.24, 2.45) is 5.92 Å². The van der Waals surface area contributed by atoms with E-state index >= 15 is 0 Å². The number of nitriles is 1. The highest BCUT2D eigenvalue weighted by molar-refractivity contribution is 5.67. The Bertz CT molecular complexity index is 1100. The summed E-state index contributed by atoms with van der Waals surface area (Å²) in [6.07, 6.45) is 4.85. The third kappa shape index (κ3) is 3.82. The monoisotopic (exact) mass is 403 g/mol. The highest BCUT2D eigenvalue weighted by Gasteiger charge is 2.28. The maximum atomic E-state index is 10.2. The standard InChI is InChI=1S/C22H25N7O/c23-10-14-2-1-3-17(8-14)27-21-9-20(25-11-16-6-7-24-13-19(16)30)28-22-18(15-4-5-15)12-26-29(21)22/h1-3,8-9,12,15-16,19,24,27,30H,4-7,11,13H2,(H,25,28)/t16-,19+/m1/s1. The average molecular weight is 403 g/mol. The fraction of sp³-hybridized carbons (Fsp3) is 0.409.